The van der Waals surface area contributed by atoms with Gasteiger partial charge in [-0.1, -0.05) is 13.8 Å². The Bertz CT molecular complexity index is 831. The minimum atomic E-state index is -0.474. The number of fused-ring (bicyclic) bond motifs is 3. The molecule has 0 aliphatic carbocycles. The van der Waals surface area contributed by atoms with E-state index in [4.69, 9.17) is 4.98 Å². The van der Waals surface area contributed by atoms with Gasteiger partial charge < -0.3 is 9.80 Å². The Hall–Kier alpha value is -2.44. The summed E-state index contributed by atoms with van der Waals surface area (Å²) in [5.41, 5.74) is 0.314. The lowest BCUT2D eigenvalue weighted by Crippen LogP contribution is -2.61. The maximum atomic E-state index is 13.2. The Morgan fingerprint density at radius 3 is 2.76 bits per heavy atom. The van der Waals surface area contributed by atoms with Gasteiger partial charge in [-0.25, -0.2) is 9.97 Å². The Morgan fingerprint density at radius 1 is 1.32 bits per heavy atom. The van der Waals surface area contributed by atoms with Crippen LogP contribution in [0.2, 0.25) is 0 Å². The Balaban J connectivity index is 1.92. The van der Waals surface area contributed by atoms with E-state index >= 15 is 0 Å². The van der Waals surface area contributed by atoms with E-state index in [-0.39, 0.29) is 5.91 Å². The number of rotatable bonds is 3. The van der Waals surface area contributed by atoms with Crippen LogP contribution in [0.1, 0.15) is 45.4 Å². The monoisotopic (exact) mass is 340 g/mol. The average Bonchev–Trinajstić information content (AvgIpc) is 3.23. The third-order valence-electron chi connectivity index (χ3n) is 5.84. The van der Waals surface area contributed by atoms with Gasteiger partial charge >= 0.3 is 0 Å². The zero-order chi connectivity index (χ0) is 17.8. The minimum Gasteiger partial charge on any atom is -0.337 e. The van der Waals surface area contributed by atoms with Crippen molar-refractivity contribution in [2.24, 2.45) is 0 Å². The fraction of sp³-hybridized carbons (Fsp3) is 0.556. The van der Waals surface area contributed by atoms with Gasteiger partial charge in [0.05, 0.1) is 6.20 Å². The number of likely N-dealkylation sites (N-methyl/N-ethyl adjacent to an activating group) is 1. The Morgan fingerprint density at radius 2 is 2.12 bits per heavy atom. The number of carbonyl (C=O) groups is 1. The largest absolute Gasteiger partial charge is 0.337 e. The standard InChI is InChI=1S/C18H24N6O/c1-5-13-7-8-18(6-2)16(25)22(4)14-11-20-17(21-15(14)24(13)18)23-10-9-19-12(23)3/h9-11,13H,5-8H2,1-4H3/t13-,18+/m1/s1. The smallest absolute Gasteiger partial charge is 0.252 e. The van der Waals surface area contributed by atoms with Crippen molar-refractivity contribution in [3.63, 3.8) is 0 Å². The number of aryl methyl sites for hydroxylation is 1. The van der Waals surface area contributed by atoms with E-state index in [1.165, 1.54) is 0 Å². The highest BCUT2D eigenvalue weighted by Gasteiger charge is 2.55. The van der Waals surface area contributed by atoms with Crippen molar-refractivity contribution in [3.8, 4) is 5.95 Å². The molecule has 7 heteroatoms. The number of imidazole rings is 1. The van der Waals surface area contributed by atoms with Crippen LogP contribution in [0, 0.1) is 6.92 Å². The van der Waals surface area contributed by atoms with Crippen molar-refractivity contribution in [2.45, 2.75) is 58.0 Å². The average molecular weight is 340 g/mol. The fourth-order valence-corrected chi connectivity index (χ4v) is 4.37. The van der Waals surface area contributed by atoms with Crippen LogP contribution < -0.4 is 9.80 Å². The molecular weight excluding hydrogens is 316 g/mol. The second-order valence-corrected chi connectivity index (χ2v) is 6.94. The Labute approximate surface area is 147 Å². The van der Waals surface area contributed by atoms with Gasteiger partial charge in [0.15, 0.2) is 5.82 Å². The number of hydrogen-bond donors (Lipinski definition) is 0. The van der Waals surface area contributed by atoms with E-state index in [9.17, 15) is 4.79 Å². The molecule has 2 atom stereocenters. The molecule has 2 aliphatic rings. The van der Waals surface area contributed by atoms with E-state index in [0.717, 1.165) is 43.0 Å². The van der Waals surface area contributed by atoms with Crippen molar-refractivity contribution >= 4 is 17.4 Å². The molecule has 1 amide bonds. The third-order valence-corrected chi connectivity index (χ3v) is 5.84. The summed E-state index contributed by atoms with van der Waals surface area (Å²) >= 11 is 0. The second-order valence-electron chi connectivity index (χ2n) is 6.94. The van der Waals surface area contributed by atoms with E-state index in [1.54, 1.807) is 17.3 Å². The minimum absolute atomic E-state index is 0.161. The SMILES string of the molecule is CC[C@@H]1CC[C@@]2(CC)C(=O)N(C)c3cnc(-n4ccnc4C)nc3N12. The topological polar surface area (TPSA) is 67.2 Å². The van der Waals surface area contributed by atoms with Crippen LogP contribution in [0.3, 0.4) is 0 Å². The highest BCUT2D eigenvalue weighted by Crippen LogP contribution is 2.48. The first-order valence-corrected chi connectivity index (χ1v) is 8.98. The van der Waals surface area contributed by atoms with Gasteiger partial charge in [-0.3, -0.25) is 9.36 Å². The number of amides is 1. The number of carbonyl (C=O) groups excluding carboxylic acids is 1. The number of anilines is 2. The second kappa shape index (κ2) is 5.54. The first kappa shape index (κ1) is 16.1. The van der Waals surface area contributed by atoms with Crippen LogP contribution >= 0.6 is 0 Å². The number of hydrogen-bond acceptors (Lipinski definition) is 5. The molecule has 132 valence electrons. The molecule has 2 aliphatic heterocycles. The molecule has 0 aromatic carbocycles. The maximum absolute atomic E-state index is 13.2. The van der Waals surface area contributed by atoms with Crippen molar-refractivity contribution in [3.05, 3.63) is 24.4 Å². The lowest BCUT2D eigenvalue weighted by molar-refractivity contribution is -0.123. The Kier molecular flexibility index (Phi) is 3.56. The molecule has 0 radical (unpaired) electrons. The van der Waals surface area contributed by atoms with Crippen LogP contribution in [0.25, 0.3) is 5.95 Å². The molecular formula is C18H24N6O. The van der Waals surface area contributed by atoms with Gasteiger partial charge in [0.25, 0.3) is 5.91 Å². The molecule has 7 nitrogen and oxygen atoms in total. The summed E-state index contributed by atoms with van der Waals surface area (Å²) in [5.74, 6) is 2.47. The summed E-state index contributed by atoms with van der Waals surface area (Å²) in [6.45, 7) is 6.21. The van der Waals surface area contributed by atoms with Crippen LogP contribution in [0.15, 0.2) is 18.6 Å². The maximum Gasteiger partial charge on any atom is 0.252 e. The molecule has 4 heterocycles. The van der Waals surface area contributed by atoms with E-state index < -0.39 is 5.54 Å². The molecule has 1 saturated heterocycles. The predicted molar refractivity (Wildman–Crippen MR) is 96.1 cm³/mol. The molecule has 1 fully saturated rings. The summed E-state index contributed by atoms with van der Waals surface area (Å²) < 4.78 is 1.88. The zero-order valence-electron chi connectivity index (χ0n) is 15.2. The molecule has 4 rings (SSSR count). The van der Waals surface area contributed by atoms with Crippen molar-refractivity contribution in [2.75, 3.05) is 16.8 Å². The molecule has 2 aromatic rings. The number of nitrogens with zero attached hydrogens (tertiary/aromatic N) is 6. The van der Waals surface area contributed by atoms with Gasteiger partial charge in [-0.15, -0.1) is 0 Å². The van der Waals surface area contributed by atoms with Gasteiger partial charge in [-0.2, -0.15) is 4.98 Å². The molecule has 0 bridgehead atoms. The highest BCUT2D eigenvalue weighted by atomic mass is 16.2. The molecule has 0 saturated carbocycles. The normalized spacial score (nSPS) is 25.3. The van der Waals surface area contributed by atoms with Crippen LogP contribution in [0.4, 0.5) is 11.5 Å². The summed E-state index contributed by atoms with van der Waals surface area (Å²) in [7, 11) is 1.83. The molecule has 2 aromatic heterocycles. The summed E-state index contributed by atoms with van der Waals surface area (Å²) in [4.78, 5) is 30.8. The molecule has 0 unspecified atom stereocenters. The van der Waals surface area contributed by atoms with E-state index in [0.29, 0.717) is 12.0 Å². The van der Waals surface area contributed by atoms with Gasteiger partial charge in [0, 0.05) is 25.5 Å². The fourth-order valence-electron chi connectivity index (χ4n) is 4.37. The quantitative estimate of drug-likeness (QED) is 0.859. The van der Waals surface area contributed by atoms with Crippen molar-refractivity contribution < 1.29 is 4.79 Å². The van der Waals surface area contributed by atoms with Gasteiger partial charge in [-0.05, 0) is 32.6 Å². The summed E-state index contributed by atoms with van der Waals surface area (Å²) in [5, 5.41) is 0. The summed E-state index contributed by atoms with van der Waals surface area (Å²) in [6, 6.07) is 0.336. The van der Waals surface area contributed by atoms with E-state index in [2.05, 4.69) is 28.7 Å². The van der Waals surface area contributed by atoms with Crippen LogP contribution in [-0.2, 0) is 4.79 Å². The first-order chi connectivity index (χ1) is 12.0. The van der Waals surface area contributed by atoms with Gasteiger partial charge in [0.2, 0.25) is 5.95 Å². The number of aromatic nitrogens is 4. The van der Waals surface area contributed by atoms with Crippen LogP contribution in [0.5, 0.6) is 0 Å². The van der Waals surface area contributed by atoms with Crippen molar-refractivity contribution in [1.29, 1.82) is 0 Å². The van der Waals surface area contributed by atoms with E-state index in [1.807, 2.05) is 24.7 Å². The first-order valence-electron chi connectivity index (χ1n) is 8.98. The predicted octanol–water partition coefficient (Wildman–Crippen LogP) is 2.47. The third kappa shape index (κ3) is 2.04. The van der Waals surface area contributed by atoms with Gasteiger partial charge in [0.1, 0.15) is 17.1 Å². The zero-order valence-corrected chi connectivity index (χ0v) is 15.2. The lowest BCUT2D eigenvalue weighted by Gasteiger charge is -2.47. The molecule has 0 spiro atoms. The molecule has 0 N–H and O–H groups in total. The summed E-state index contributed by atoms with van der Waals surface area (Å²) in [6.07, 6.45) is 9.07. The molecule has 25 heavy (non-hydrogen) atoms. The lowest BCUT2D eigenvalue weighted by atomic mass is 9.89. The highest BCUT2D eigenvalue weighted by molar-refractivity contribution is 6.07. The van der Waals surface area contributed by atoms with Crippen molar-refractivity contribution in [1.82, 2.24) is 19.5 Å². The van der Waals surface area contributed by atoms with Crippen LogP contribution in [-0.4, -0.2) is 44.1 Å².